The van der Waals surface area contributed by atoms with Crippen LogP contribution >= 0.6 is 0 Å². The molecule has 0 aromatic rings. The zero-order valence-corrected chi connectivity index (χ0v) is 9.59. The first-order valence-electron chi connectivity index (χ1n) is 6.44. The fourth-order valence-corrected chi connectivity index (χ4v) is 4.72. The van der Waals surface area contributed by atoms with E-state index >= 15 is 0 Å². The molecule has 84 valence electrons. The molecule has 1 amide bonds. The van der Waals surface area contributed by atoms with E-state index in [-0.39, 0.29) is 11.4 Å². The molecule has 4 aliphatic carbocycles. The van der Waals surface area contributed by atoms with Gasteiger partial charge in [0.05, 0.1) is 0 Å². The molecule has 4 aliphatic rings. The average molecular weight is 207 g/mol. The number of hydrogen-bond donors (Lipinski definition) is 1. The second-order valence-electron chi connectivity index (χ2n) is 6.22. The summed E-state index contributed by atoms with van der Waals surface area (Å²) >= 11 is 0. The fraction of sp³-hybridized carbons (Fsp3) is 0.923. The maximum absolute atomic E-state index is 11.3. The van der Waals surface area contributed by atoms with Gasteiger partial charge in [-0.25, -0.2) is 0 Å². The van der Waals surface area contributed by atoms with Crippen molar-refractivity contribution in [3.05, 3.63) is 0 Å². The van der Waals surface area contributed by atoms with Crippen molar-refractivity contribution >= 4 is 5.91 Å². The van der Waals surface area contributed by atoms with E-state index in [2.05, 4.69) is 5.32 Å². The van der Waals surface area contributed by atoms with E-state index in [0.29, 0.717) is 0 Å². The molecule has 0 spiro atoms. The topological polar surface area (TPSA) is 29.1 Å². The van der Waals surface area contributed by atoms with Gasteiger partial charge in [0, 0.05) is 12.5 Å². The second-order valence-corrected chi connectivity index (χ2v) is 6.22. The highest BCUT2D eigenvalue weighted by atomic mass is 16.1. The molecule has 0 aliphatic heterocycles. The standard InChI is InChI=1S/C13H21NO/c1-9(15)14-13-6-10-2-3-11(7-13)5-12(4-10)8-13/h10-12H,2-8H2,1H3,(H,14,15)/t10-,11+,12?,13?. The molecule has 1 N–H and O–H groups in total. The minimum atomic E-state index is 0.178. The fourth-order valence-electron chi connectivity index (χ4n) is 4.72. The highest BCUT2D eigenvalue weighted by Gasteiger charge is 2.48. The third kappa shape index (κ3) is 1.68. The molecular weight excluding hydrogens is 186 g/mol. The van der Waals surface area contributed by atoms with Gasteiger partial charge in [-0.3, -0.25) is 4.79 Å². The Bertz CT molecular complexity index is 270. The third-order valence-corrected chi connectivity index (χ3v) is 4.80. The van der Waals surface area contributed by atoms with Crippen molar-refractivity contribution in [1.29, 1.82) is 0 Å². The lowest BCUT2D eigenvalue weighted by Gasteiger charge is -2.48. The minimum Gasteiger partial charge on any atom is -0.351 e. The minimum absolute atomic E-state index is 0.178. The Labute approximate surface area is 91.8 Å². The SMILES string of the molecule is CC(=O)NC12CC3C[C@@H](CC[C@@H](C3)C1)C2. The van der Waals surface area contributed by atoms with Crippen LogP contribution in [0.15, 0.2) is 0 Å². The van der Waals surface area contributed by atoms with E-state index in [1.807, 2.05) is 0 Å². The van der Waals surface area contributed by atoms with Crippen molar-refractivity contribution in [1.82, 2.24) is 5.32 Å². The van der Waals surface area contributed by atoms with Crippen LogP contribution in [-0.4, -0.2) is 11.4 Å². The van der Waals surface area contributed by atoms with Crippen LogP contribution in [0.5, 0.6) is 0 Å². The maximum atomic E-state index is 11.3. The Kier molecular flexibility index (Phi) is 2.08. The van der Waals surface area contributed by atoms with E-state index in [0.717, 1.165) is 17.8 Å². The Morgan fingerprint density at radius 1 is 1.07 bits per heavy atom. The van der Waals surface area contributed by atoms with E-state index < -0.39 is 0 Å². The molecule has 4 rings (SSSR count). The maximum Gasteiger partial charge on any atom is 0.217 e. The molecule has 0 saturated heterocycles. The van der Waals surface area contributed by atoms with Gasteiger partial charge in [-0.05, 0) is 49.9 Å². The van der Waals surface area contributed by atoms with Crippen LogP contribution in [-0.2, 0) is 4.79 Å². The number of nitrogens with one attached hydrogen (secondary N) is 1. The van der Waals surface area contributed by atoms with Gasteiger partial charge in [-0.15, -0.1) is 0 Å². The van der Waals surface area contributed by atoms with Crippen LogP contribution in [0.2, 0.25) is 0 Å². The second kappa shape index (κ2) is 3.23. The predicted octanol–water partition coefficient (Wildman–Crippen LogP) is 2.48. The number of carbonyl (C=O) groups is 1. The van der Waals surface area contributed by atoms with Gasteiger partial charge in [-0.2, -0.15) is 0 Å². The van der Waals surface area contributed by atoms with Crippen LogP contribution in [0.1, 0.15) is 51.9 Å². The molecule has 4 fully saturated rings. The summed E-state index contributed by atoms with van der Waals surface area (Å²) in [5, 5.41) is 3.29. The molecule has 0 aromatic heterocycles. The number of hydrogen-bond acceptors (Lipinski definition) is 1. The lowest BCUT2D eigenvalue weighted by atomic mass is 9.63. The summed E-state index contributed by atoms with van der Waals surface area (Å²) in [6, 6.07) is 0. The number of carbonyl (C=O) groups excluding carboxylic acids is 1. The van der Waals surface area contributed by atoms with Gasteiger partial charge in [0.25, 0.3) is 0 Å². The normalized spacial score (nSPS) is 47.7. The van der Waals surface area contributed by atoms with E-state index in [9.17, 15) is 4.79 Å². The first-order chi connectivity index (χ1) is 7.15. The largest absolute Gasteiger partial charge is 0.351 e. The zero-order chi connectivity index (χ0) is 10.5. The molecule has 0 heterocycles. The molecular formula is C13H21NO. The van der Waals surface area contributed by atoms with Gasteiger partial charge in [-0.1, -0.05) is 12.8 Å². The highest BCUT2D eigenvalue weighted by Crippen LogP contribution is 2.53. The van der Waals surface area contributed by atoms with Gasteiger partial charge < -0.3 is 5.32 Å². The predicted molar refractivity (Wildman–Crippen MR) is 59.3 cm³/mol. The molecule has 2 heteroatoms. The lowest BCUT2D eigenvalue weighted by molar-refractivity contribution is -0.122. The molecule has 4 bridgehead atoms. The summed E-state index contributed by atoms with van der Waals surface area (Å²) in [7, 11) is 0. The van der Waals surface area contributed by atoms with Gasteiger partial charge in [0.1, 0.15) is 0 Å². The van der Waals surface area contributed by atoms with Crippen molar-refractivity contribution < 1.29 is 4.79 Å². The number of rotatable bonds is 1. The average Bonchev–Trinajstić information content (AvgIpc) is 2.29. The smallest absolute Gasteiger partial charge is 0.217 e. The summed E-state index contributed by atoms with van der Waals surface area (Å²) in [6.45, 7) is 1.68. The molecule has 4 atom stereocenters. The van der Waals surface area contributed by atoms with Crippen molar-refractivity contribution in [2.45, 2.75) is 57.4 Å². The quantitative estimate of drug-likeness (QED) is 0.703. The monoisotopic (exact) mass is 207 g/mol. The molecule has 4 saturated carbocycles. The first-order valence-corrected chi connectivity index (χ1v) is 6.44. The molecule has 2 unspecified atom stereocenters. The van der Waals surface area contributed by atoms with Crippen molar-refractivity contribution in [2.24, 2.45) is 17.8 Å². The van der Waals surface area contributed by atoms with Crippen molar-refractivity contribution in [3.63, 3.8) is 0 Å². The van der Waals surface area contributed by atoms with Crippen LogP contribution in [0.4, 0.5) is 0 Å². The van der Waals surface area contributed by atoms with Crippen LogP contribution in [0, 0.1) is 17.8 Å². The Morgan fingerprint density at radius 3 is 2.13 bits per heavy atom. The van der Waals surface area contributed by atoms with Crippen molar-refractivity contribution in [3.8, 4) is 0 Å². The summed E-state index contributed by atoms with van der Waals surface area (Å²) in [4.78, 5) is 11.3. The van der Waals surface area contributed by atoms with Gasteiger partial charge in [0.15, 0.2) is 0 Å². The van der Waals surface area contributed by atoms with E-state index in [1.54, 1.807) is 6.92 Å². The van der Waals surface area contributed by atoms with Crippen LogP contribution in [0.3, 0.4) is 0 Å². The number of fused-ring (bicyclic) bond motifs is 1. The highest BCUT2D eigenvalue weighted by molar-refractivity contribution is 5.73. The summed E-state index contributed by atoms with van der Waals surface area (Å²) in [6.07, 6.45) is 9.51. The summed E-state index contributed by atoms with van der Waals surface area (Å²) in [5.41, 5.74) is 0.207. The Morgan fingerprint density at radius 2 is 1.60 bits per heavy atom. The van der Waals surface area contributed by atoms with E-state index in [1.165, 1.54) is 44.9 Å². The van der Waals surface area contributed by atoms with Crippen LogP contribution < -0.4 is 5.32 Å². The first kappa shape index (κ1) is 9.68. The zero-order valence-electron chi connectivity index (χ0n) is 9.59. The lowest BCUT2D eigenvalue weighted by Crippen LogP contribution is -2.55. The molecule has 15 heavy (non-hydrogen) atoms. The summed E-state index contributed by atoms with van der Waals surface area (Å²) in [5.74, 6) is 2.90. The third-order valence-electron chi connectivity index (χ3n) is 4.80. The molecule has 0 radical (unpaired) electrons. The van der Waals surface area contributed by atoms with Crippen molar-refractivity contribution in [2.75, 3.05) is 0 Å². The van der Waals surface area contributed by atoms with Crippen LogP contribution in [0.25, 0.3) is 0 Å². The molecule has 2 nitrogen and oxygen atoms in total. The summed E-state index contributed by atoms with van der Waals surface area (Å²) < 4.78 is 0. The van der Waals surface area contributed by atoms with E-state index in [4.69, 9.17) is 0 Å². The van der Waals surface area contributed by atoms with Gasteiger partial charge >= 0.3 is 0 Å². The molecule has 0 aromatic carbocycles. The number of amides is 1. The Hall–Kier alpha value is -0.530. The Balaban J connectivity index is 1.87. The van der Waals surface area contributed by atoms with Gasteiger partial charge in [0.2, 0.25) is 5.91 Å².